The zero-order chi connectivity index (χ0) is 20.2. The Labute approximate surface area is 178 Å². The number of amides is 1. The number of nitrogens with zero attached hydrogens (tertiary/aromatic N) is 1. The van der Waals surface area contributed by atoms with Gasteiger partial charge >= 0.3 is 0 Å². The number of carbonyl (C=O) groups excluding carboxylic acids is 1. The highest BCUT2D eigenvalue weighted by Crippen LogP contribution is 2.35. The van der Waals surface area contributed by atoms with Crippen LogP contribution >= 0.6 is 15.9 Å². The van der Waals surface area contributed by atoms with Crippen LogP contribution in [0.5, 0.6) is 11.5 Å². The fourth-order valence-corrected chi connectivity index (χ4v) is 3.66. The molecule has 1 saturated heterocycles. The van der Waals surface area contributed by atoms with Crippen LogP contribution in [0, 0.1) is 0 Å². The molecule has 0 saturated carbocycles. The van der Waals surface area contributed by atoms with Crippen LogP contribution < -0.4 is 14.4 Å². The lowest BCUT2D eigenvalue weighted by atomic mass is 9.95. The number of benzene rings is 3. The number of rotatable bonds is 6. The fourth-order valence-electron chi connectivity index (χ4n) is 3.28. The predicted octanol–water partition coefficient (Wildman–Crippen LogP) is 5.33. The summed E-state index contributed by atoms with van der Waals surface area (Å²) < 4.78 is 12.1. The van der Waals surface area contributed by atoms with Crippen LogP contribution in [0.1, 0.15) is 5.56 Å². The zero-order valence-corrected chi connectivity index (χ0v) is 17.5. The van der Waals surface area contributed by atoms with Crippen molar-refractivity contribution in [1.29, 1.82) is 0 Å². The lowest BCUT2D eigenvalue weighted by Crippen LogP contribution is -2.66. The number of anilines is 1. The van der Waals surface area contributed by atoms with E-state index in [1.165, 1.54) is 0 Å². The molecule has 1 aliphatic heterocycles. The second-order valence-corrected chi connectivity index (χ2v) is 7.49. The van der Waals surface area contributed by atoms with Crippen LogP contribution in [0.25, 0.3) is 6.08 Å². The van der Waals surface area contributed by atoms with Crippen LogP contribution in [0.3, 0.4) is 0 Å². The first kappa shape index (κ1) is 19.3. The van der Waals surface area contributed by atoms with Crippen molar-refractivity contribution in [2.75, 3.05) is 12.0 Å². The van der Waals surface area contributed by atoms with Gasteiger partial charge in [0.05, 0.1) is 11.6 Å². The molecule has 0 unspecified atom stereocenters. The summed E-state index contributed by atoms with van der Waals surface area (Å²) in [7, 11) is 1.62. The molecule has 0 aromatic heterocycles. The third kappa shape index (κ3) is 4.05. The highest BCUT2D eigenvalue weighted by atomic mass is 79.9. The molecule has 0 radical (unpaired) electrons. The molecule has 3 aromatic rings. The van der Waals surface area contributed by atoms with E-state index in [0.29, 0.717) is 5.75 Å². The Morgan fingerprint density at radius 2 is 1.62 bits per heavy atom. The van der Waals surface area contributed by atoms with Crippen molar-refractivity contribution in [3.8, 4) is 11.5 Å². The number of halogens is 1. The van der Waals surface area contributed by atoms with E-state index in [0.717, 1.165) is 21.5 Å². The van der Waals surface area contributed by atoms with E-state index in [9.17, 15) is 4.79 Å². The number of β-lactam (4-membered cyclic amide) rings is 1. The maximum atomic E-state index is 13.0. The molecule has 1 fully saturated rings. The second-order valence-electron chi connectivity index (χ2n) is 6.64. The van der Waals surface area contributed by atoms with Crippen molar-refractivity contribution < 1.29 is 14.3 Å². The number of hydrogen-bond acceptors (Lipinski definition) is 3. The summed E-state index contributed by atoms with van der Waals surface area (Å²) in [5.41, 5.74) is 1.88. The third-order valence-electron chi connectivity index (χ3n) is 4.82. The van der Waals surface area contributed by atoms with Crippen molar-refractivity contribution in [3.05, 3.63) is 95.0 Å². The normalized spacial score (nSPS) is 18.6. The van der Waals surface area contributed by atoms with Crippen molar-refractivity contribution in [2.24, 2.45) is 0 Å². The van der Waals surface area contributed by atoms with Gasteiger partial charge in [-0.2, -0.15) is 0 Å². The van der Waals surface area contributed by atoms with Gasteiger partial charge in [0, 0.05) is 5.69 Å². The monoisotopic (exact) mass is 449 g/mol. The first-order valence-corrected chi connectivity index (χ1v) is 10.1. The van der Waals surface area contributed by atoms with Crippen LogP contribution in [-0.4, -0.2) is 25.2 Å². The molecule has 0 aliphatic carbocycles. The molecule has 4 nitrogen and oxygen atoms in total. The SMILES string of the molecule is COc1ccc(N2C(=O)[C@H](Oc3ccccc3Br)[C@@H]2/C=C/c2ccccc2)cc1. The summed E-state index contributed by atoms with van der Waals surface area (Å²) in [5.74, 6) is 1.33. The number of hydrogen-bond donors (Lipinski definition) is 0. The molecule has 0 spiro atoms. The van der Waals surface area contributed by atoms with E-state index in [1.807, 2.05) is 91.0 Å². The van der Waals surface area contributed by atoms with E-state index in [-0.39, 0.29) is 11.9 Å². The molecule has 3 aromatic carbocycles. The van der Waals surface area contributed by atoms with Crippen molar-refractivity contribution in [1.82, 2.24) is 0 Å². The van der Waals surface area contributed by atoms with Gasteiger partial charge in [0.15, 0.2) is 0 Å². The van der Waals surface area contributed by atoms with Crippen molar-refractivity contribution >= 4 is 33.6 Å². The maximum absolute atomic E-state index is 13.0. The summed E-state index contributed by atoms with van der Waals surface area (Å²) >= 11 is 3.49. The van der Waals surface area contributed by atoms with E-state index in [4.69, 9.17) is 9.47 Å². The number of ether oxygens (including phenoxy) is 2. The van der Waals surface area contributed by atoms with Gasteiger partial charge < -0.3 is 9.47 Å². The van der Waals surface area contributed by atoms with Gasteiger partial charge in [-0.3, -0.25) is 9.69 Å². The molecule has 1 aliphatic rings. The standard InChI is InChI=1S/C24H20BrNO3/c1-28-19-14-12-18(13-15-19)26-21(16-11-17-7-3-2-4-8-17)23(24(26)27)29-22-10-6-5-9-20(22)25/h2-16,21,23H,1H3/b16-11+/t21-,23+/m0/s1. The molecule has 0 N–H and O–H groups in total. The largest absolute Gasteiger partial charge is 0.497 e. The minimum atomic E-state index is -0.587. The Morgan fingerprint density at radius 3 is 2.31 bits per heavy atom. The first-order chi connectivity index (χ1) is 14.2. The maximum Gasteiger partial charge on any atom is 0.271 e. The average Bonchev–Trinajstić information content (AvgIpc) is 2.77. The predicted molar refractivity (Wildman–Crippen MR) is 118 cm³/mol. The van der Waals surface area contributed by atoms with E-state index < -0.39 is 6.10 Å². The third-order valence-corrected chi connectivity index (χ3v) is 5.47. The van der Waals surface area contributed by atoms with Crippen LogP contribution in [-0.2, 0) is 4.79 Å². The molecule has 1 heterocycles. The van der Waals surface area contributed by atoms with Crippen molar-refractivity contribution in [3.63, 3.8) is 0 Å². The Hall–Kier alpha value is -3.05. The lowest BCUT2D eigenvalue weighted by molar-refractivity contribution is -0.133. The Kier molecular flexibility index (Phi) is 5.67. The first-order valence-electron chi connectivity index (χ1n) is 9.29. The molecule has 0 bridgehead atoms. The summed E-state index contributed by atoms with van der Waals surface area (Å²) in [6, 6.07) is 24.8. The smallest absolute Gasteiger partial charge is 0.271 e. The Bertz CT molecular complexity index is 1020. The molecule has 2 atom stereocenters. The number of para-hydroxylation sites is 1. The van der Waals surface area contributed by atoms with Gasteiger partial charge in [-0.15, -0.1) is 0 Å². The topological polar surface area (TPSA) is 38.8 Å². The quantitative estimate of drug-likeness (QED) is 0.477. The number of carbonyl (C=O) groups is 1. The van der Waals surface area contributed by atoms with Gasteiger partial charge in [0.1, 0.15) is 17.5 Å². The summed E-state index contributed by atoms with van der Waals surface area (Å²) in [5, 5.41) is 0. The molecule has 5 heteroatoms. The Balaban J connectivity index is 1.62. The van der Waals surface area contributed by atoms with Gasteiger partial charge in [0.25, 0.3) is 5.91 Å². The van der Waals surface area contributed by atoms with Gasteiger partial charge in [-0.05, 0) is 57.9 Å². The van der Waals surface area contributed by atoms with Crippen LogP contribution in [0.2, 0.25) is 0 Å². The highest BCUT2D eigenvalue weighted by Gasteiger charge is 2.49. The molecule has 146 valence electrons. The van der Waals surface area contributed by atoms with Crippen molar-refractivity contribution in [2.45, 2.75) is 12.1 Å². The number of methoxy groups -OCH3 is 1. The minimum Gasteiger partial charge on any atom is -0.497 e. The molecule has 1 amide bonds. The lowest BCUT2D eigenvalue weighted by Gasteiger charge is -2.45. The average molecular weight is 450 g/mol. The summed E-state index contributed by atoms with van der Waals surface area (Å²) in [4.78, 5) is 14.7. The molecule has 4 rings (SSSR count). The second kappa shape index (κ2) is 8.53. The van der Waals surface area contributed by atoms with E-state index >= 15 is 0 Å². The zero-order valence-electron chi connectivity index (χ0n) is 15.9. The Morgan fingerprint density at radius 1 is 0.931 bits per heavy atom. The van der Waals surface area contributed by atoms with Gasteiger partial charge in [0.2, 0.25) is 6.10 Å². The molecule has 29 heavy (non-hydrogen) atoms. The molecular weight excluding hydrogens is 430 g/mol. The van der Waals surface area contributed by atoms with Crippen LogP contribution in [0.4, 0.5) is 5.69 Å². The highest BCUT2D eigenvalue weighted by molar-refractivity contribution is 9.10. The fraction of sp³-hybridized carbons (Fsp3) is 0.125. The molecular formula is C24H20BrNO3. The van der Waals surface area contributed by atoms with Gasteiger partial charge in [-0.25, -0.2) is 0 Å². The summed E-state index contributed by atoms with van der Waals surface area (Å²) in [6.45, 7) is 0. The van der Waals surface area contributed by atoms with Crippen LogP contribution in [0.15, 0.2) is 89.4 Å². The van der Waals surface area contributed by atoms with Gasteiger partial charge in [-0.1, -0.05) is 54.6 Å². The summed E-state index contributed by atoms with van der Waals surface area (Å²) in [6.07, 6.45) is 3.45. The minimum absolute atomic E-state index is 0.0753. The van der Waals surface area contributed by atoms with E-state index in [2.05, 4.69) is 15.9 Å². The van der Waals surface area contributed by atoms with E-state index in [1.54, 1.807) is 12.0 Å².